The Hall–Kier alpha value is -3.07. The second-order valence-electron chi connectivity index (χ2n) is 5.88. The monoisotopic (exact) mass is 386 g/mol. The first-order valence-corrected chi connectivity index (χ1v) is 9.11. The van der Waals surface area contributed by atoms with Gasteiger partial charge in [-0.2, -0.15) is 4.98 Å². The lowest BCUT2D eigenvalue weighted by Gasteiger charge is -2.08. The van der Waals surface area contributed by atoms with Crippen molar-refractivity contribution >= 4 is 38.6 Å². The fourth-order valence-corrected chi connectivity index (χ4v) is 3.45. The molecule has 1 amide bonds. The fourth-order valence-electron chi connectivity index (χ4n) is 2.59. The molecule has 27 heavy (non-hydrogen) atoms. The number of hydrogen-bond donors (Lipinski definition) is 1. The lowest BCUT2D eigenvalue weighted by molar-refractivity contribution is -0.116. The Balaban J connectivity index is 1.77. The van der Waals surface area contributed by atoms with Crippen LogP contribution in [0.2, 0.25) is 0 Å². The SMILES string of the molecule is CCOC(=O)c1ccc2sc(NC(=O)Cn3c(C)cc(C)nc3=O)nc2c1. The smallest absolute Gasteiger partial charge is 0.348 e. The molecule has 0 radical (unpaired) electrons. The van der Waals surface area contributed by atoms with Crippen molar-refractivity contribution in [2.75, 3.05) is 11.9 Å². The third kappa shape index (κ3) is 4.20. The Bertz CT molecular complexity index is 1090. The highest BCUT2D eigenvalue weighted by Crippen LogP contribution is 2.27. The van der Waals surface area contributed by atoms with Gasteiger partial charge in [0, 0.05) is 11.4 Å². The van der Waals surface area contributed by atoms with Gasteiger partial charge in [-0.3, -0.25) is 9.36 Å². The maximum absolute atomic E-state index is 12.3. The maximum Gasteiger partial charge on any atom is 0.348 e. The number of nitrogens with zero attached hydrogens (tertiary/aromatic N) is 3. The van der Waals surface area contributed by atoms with Gasteiger partial charge in [0.2, 0.25) is 5.91 Å². The summed E-state index contributed by atoms with van der Waals surface area (Å²) in [5, 5.41) is 3.08. The van der Waals surface area contributed by atoms with Crippen molar-refractivity contribution in [3.8, 4) is 0 Å². The van der Waals surface area contributed by atoms with Crippen LogP contribution < -0.4 is 11.0 Å². The number of nitrogens with one attached hydrogen (secondary N) is 1. The Morgan fingerprint density at radius 1 is 1.22 bits per heavy atom. The molecule has 0 saturated heterocycles. The van der Waals surface area contributed by atoms with Gasteiger partial charge in [-0.1, -0.05) is 11.3 Å². The number of ether oxygens (including phenoxy) is 1. The molecule has 0 aliphatic carbocycles. The molecule has 3 rings (SSSR count). The molecule has 0 aliphatic rings. The molecule has 0 aliphatic heterocycles. The minimum Gasteiger partial charge on any atom is -0.462 e. The lowest BCUT2D eigenvalue weighted by atomic mass is 10.2. The van der Waals surface area contributed by atoms with Crippen molar-refractivity contribution in [1.82, 2.24) is 14.5 Å². The number of rotatable bonds is 5. The molecule has 0 saturated carbocycles. The van der Waals surface area contributed by atoms with E-state index in [1.807, 2.05) is 0 Å². The Morgan fingerprint density at radius 2 is 2.00 bits per heavy atom. The van der Waals surface area contributed by atoms with Gasteiger partial charge in [0.25, 0.3) is 0 Å². The molecular weight excluding hydrogens is 368 g/mol. The van der Waals surface area contributed by atoms with E-state index in [-0.39, 0.29) is 12.5 Å². The number of amides is 1. The molecular formula is C18H18N4O4S. The van der Waals surface area contributed by atoms with E-state index < -0.39 is 11.7 Å². The largest absolute Gasteiger partial charge is 0.462 e. The van der Waals surface area contributed by atoms with Crippen molar-refractivity contribution < 1.29 is 14.3 Å². The zero-order chi connectivity index (χ0) is 19.6. The Labute approximate surface area is 158 Å². The van der Waals surface area contributed by atoms with Crippen LogP contribution >= 0.6 is 11.3 Å². The first-order chi connectivity index (χ1) is 12.9. The number of carbonyl (C=O) groups excluding carboxylic acids is 2. The quantitative estimate of drug-likeness (QED) is 0.675. The molecule has 0 atom stereocenters. The Morgan fingerprint density at radius 3 is 2.70 bits per heavy atom. The first kappa shape index (κ1) is 18.7. The normalized spacial score (nSPS) is 10.8. The molecule has 2 heterocycles. The number of benzene rings is 1. The third-order valence-electron chi connectivity index (χ3n) is 3.79. The molecule has 1 N–H and O–H groups in total. The topological polar surface area (TPSA) is 103 Å². The molecule has 3 aromatic rings. The number of aryl methyl sites for hydroxylation is 2. The summed E-state index contributed by atoms with van der Waals surface area (Å²) in [5.74, 6) is -0.796. The average Bonchev–Trinajstić information content (AvgIpc) is 2.99. The van der Waals surface area contributed by atoms with Crippen molar-refractivity contribution in [1.29, 1.82) is 0 Å². The van der Waals surface area contributed by atoms with Gasteiger partial charge in [-0.05, 0) is 45.0 Å². The number of thiazole rings is 1. The van der Waals surface area contributed by atoms with Crippen molar-refractivity contribution in [2.24, 2.45) is 0 Å². The number of anilines is 1. The summed E-state index contributed by atoms with van der Waals surface area (Å²) in [6.45, 7) is 5.36. The van der Waals surface area contributed by atoms with Crippen LogP contribution in [0.5, 0.6) is 0 Å². The predicted octanol–water partition coefficient (Wildman–Crippen LogP) is 2.29. The molecule has 8 nitrogen and oxygen atoms in total. The minimum atomic E-state index is -0.467. The highest BCUT2D eigenvalue weighted by atomic mass is 32.1. The zero-order valence-corrected chi connectivity index (χ0v) is 15.9. The zero-order valence-electron chi connectivity index (χ0n) is 15.1. The third-order valence-corrected chi connectivity index (χ3v) is 4.75. The fraction of sp³-hybridized carbons (Fsp3) is 0.278. The van der Waals surface area contributed by atoms with E-state index in [9.17, 15) is 14.4 Å². The lowest BCUT2D eigenvalue weighted by Crippen LogP contribution is -2.31. The van der Waals surface area contributed by atoms with E-state index in [1.165, 1.54) is 15.9 Å². The summed E-state index contributed by atoms with van der Waals surface area (Å²) in [5.41, 5.74) is 1.79. The van der Waals surface area contributed by atoms with Gasteiger partial charge >= 0.3 is 11.7 Å². The summed E-state index contributed by atoms with van der Waals surface area (Å²) in [6.07, 6.45) is 0. The molecule has 9 heteroatoms. The van der Waals surface area contributed by atoms with Gasteiger partial charge in [0.05, 0.1) is 22.4 Å². The number of hydrogen-bond acceptors (Lipinski definition) is 7. The van der Waals surface area contributed by atoms with Crippen LogP contribution in [-0.2, 0) is 16.1 Å². The van der Waals surface area contributed by atoms with Gasteiger partial charge < -0.3 is 10.1 Å². The van der Waals surface area contributed by atoms with Gasteiger partial charge in [0.1, 0.15) is 6.54 Å². The van der Waals surface area contributed by atoms with Crippen LogP contribution in [-0.4, -0.2) is 33.0 Å². The van der Waals surface area contributed by atoms with Crippen molar-refractivity contribution in [2.45, 2.75) is 27.3 Å². The number of fused-ring (bicyclic) bond motifs is 1. The highest BCUT2D eigenvalue weighted by molar-refractivity contribution is 7.22. The van der Waals surface area contributed by atoms with Crippen molar-refractivity contribution in [3.63, 3.8) is 0 Å². The predicted molar refractivity (Wildman–Crippen MR) is 102 cm³/mol. The molecule has 0 fully saturated rings. The Kier molecular flexibility index (Phi) is 5.31. The second-order valence-corrected chi connectivity index (χ2v) is 6.91. The number of carbonyl (C=O) groups is 2. The molecule has 0 bridgehead atoms. The summed E-state index contributed by atoms with van der Waals surface area (Å²) < 4.78 is 7.10. The van der Waals surface area contributed by atoms with Gasteiger partial charge in [0.15, 0.2) is 5.13 Å². The second kappa shape index (κ2) is 7.67. The van der Waals surface area contributed by atoms with Crippen molar-refractivity contribution in [3.05, 3.63) is 51.7 Å². The molecule has 1 aromatic carbocycles. The highest BCUT2D eigenvalue weighted by Gasteiger charge is 2.13. The number of esters is 1. The van der Waals surface area contributed by atoms with E-state index in [4.69, 9.17) is 4.74 Å². The number of aromatic nitrogens is 3. The maximum atomic E-state index is 12.3. The van der Waals surface area contributed by atoms with Gasteiger partial charge in [-0.15, -0.1) is 0 Å². The van der Waals surface area contributed by atoms with Crippen LogP contribution in [0.3, 0.4) is 0 Å². The van der Waals surface area contributed by atoms with Crippen LogP contribution in [0.4, 0.5) is 5.13 Å². The van der Waals surface area contributed by atoms with E-state index in [0.717, 1.165) is 4.70 Å². The molecule has 2 aromatic heterocycles. The summed E-state index contributed by atoms with van der Waals surface area (Å²) in [6, 6.07) is 6.78. The van der Waals surface area contributed by atoms with Crippen LogP contribution in [0.15, 0.2) is 29.1 Å². The van der Waals surface area contributed by atoms with Crippen LogP contribution in [0.25, 0.3) is 10.2 Å². The van der Waals surface area contributed by atoms with Gasteiger partial charge in [-0.25, -0.2) is 14.6 Å². The summed E-state index contributed by atoms with van der Waals surface area (Å²) in [4.78, 5) is 44.2. The van der Waals surface area contributed by atoms with E-state index in [1.54, 1.807) is 45.0 Å². The average molecular weight is 386 g/mol. The first-order valence-electron chi connectivity index (χ1n) is 8.30. The standard InChI is InChI=1S/C18H18N4O4S/c1-4-26-16(24)12-5-6-14-13(8-12)20-17(27-14)21-15(23)9-22-11(3)7-10(2)19-18(22)25/h5-8H,4,9H2,1-3H3,(H,20,21,23). The summed E-state index contributed by atoms with van der Waals surface area (Å²) in [7, 11) is 0. The van der Waals surface area contributed by atoms with E-state index >= 15 is 0 Å². The van der Waals surface area contributed by atoms with Crippen LogP contribution in [0.1, 0.15) is 28.7 Å². The molecule has 140 valence electrons. The molecule has 0 unspecified atom stereocenters. The van der Waals surface area contributed by atoms with Crippen LogP contribution in [0, 0.1) is 13.8 Å². The summed E-state index contributed by atoms with van der Waals surface area (Å²) >= 11 is 1.28. The van der Waals surface area contributed by atoms with E-state index in [0.29, 0.717) is 34.2 Å². The molecule has 0 spiro atoms. The van der Waals surface area contributed by atoms with E-state index in [2.05, 4.69) is 15.3 Å². The minimum absolute atomic E-state index is 0.151.